The monoisotopic (exact) mass is 794 g/mol. The molecule has 6 aromatic rings. The molecule has 0 aromatic heterocycles. The summed E-state index contributed by atoms with van der Waals surface area (Å²) < 4.78 is 0. The van der Waals surface area contributed by atoms with Gasteiger partial charge in [-0.15, -0.1) is 0 Å². The van der Waals surface area contributed by atoms with Crippen LogP contribution in [0, 0.1) is 0 Å². The molecule has 0 saturated heterocycles. The molecule has 6 aromatic carbocycles. The molecule has 0 heterocycles. The first kappa shape index (κ1) is 43.2. The molecule has 0 amide bonds. The van der Waals surface area contributed by atoms with Gasteiger partial charge in [0.25, 0.3) is 0 Å². The summed E-state index contributed by atoms with van der Waals surface area (Å²) in [5.74, 6) is 0. The molecule has 0 spiro atoms. The Morgan fingerprint density at radius 1 is 0.317 bits per heavy atom. The van der Waals surface area contributed by atoms with E-state index >= 15 is 0 Å². The van der Waals surface area contributed by atoms with Crippen molar-refractivity contribution in [2.45, 2.75) is 150 Å². The Labute approximate surface area is 364 Å². The molecule has 0 atom stereocenters. The van der Waals surface area contributed by atoms with Gasteiger partial charge in [0.05, 0.1) is 0 Å². The largest absolute Gasteiger partial charge is 0.310 e. The van der Waals surface area contributed by atoms with Crippen molar-refractivity contribution in [2.24, 2.45) is 0 Å². The number of rotatable bonds is 5. The predicted molar refractivity (Wildman–Crippen MR) is 263 cm³/mol. The Balaban J connectivity index is 1.50. The molecular formula is C59H71N. The first-order valence-corrected chi connectivity index (χ1v) is 22.3. The van der Waals surface area contributed by atoms with E-state index in [0.29, 0.717) is 0 Å². The summed E-state index contributed by atoms with van der Waals surface area (Å²) in [6, 6.07) is 47.3. The number of hydrogen-bond donors (Lipinski definition) is 0. The molecule has 1 heteroatoms. The fourth-order valence-electron chi connectivity index (χ4n) is 8.78. The van der Waals surface area contributed by atoms with Crippen molar-refractivity contribution in [3.8, 4) is 33.4 Å². The van der Waals surface area contributed by atoms with Gasteiger partial charge < -0.3 is 4.90 Å². The summed E-state index contributed by atoms with van der Waals surface area (Å²) in [6.45, 7) is 39.8. The summed E-state index contributed by atoms with van der Waals surface area (Å²) in [5.41, 5.74) is 20.5. The third-order valence-corrected chi connectivity index (χ3v) is 13.0. The molecule has 0 radical (unpaired) electrons. The van der Waals surface area contributed by atoms with Gasteiger partial charge in [0.15, 0.2) is 0 Å². The van der Waals surface area contributed by atoms with Crippen molar-refractivity contribution in [1.29, 1.82) is 0 Å². The van der Waals surface area contributed by atoms with Crippen LogP contribution in [0.1, 0.15) is 157 Å². The summed E-state index contributed by atoms with van der Waals surface area (Å²) in [4.78, 5) is 2.52. The van der Waals surface area contributed by atoms with Gasteiger partial charge >= 0.3 is 0 Å². The van der Waals surface area contributed by atoms with Crippen LogP contribution < -0.4 is 4.90 Å². The van der Waals surface area contributed by atoms with E-state index < -0.39 is 0 Å². The zero-order valence-electron chi connectivity index (χ0n) is 40.0. The molecule has 0 fully saturated rings. The van der Waals surface area contributed by atoms with Crippen LogP contribution in [-0.2, 0) is 32.5 Å². The van der Waals surface area contributed by atoms with E-state index in [1.165, 1.54) is 89.4 Å². The van der Waals surface area contributed by atoms with Crippen LogP contribution in [0.3, 0.4) is 0 Å². The third-order valence-electron chi connectivity index (χ3n) is 13.0. The van der Waals surface area contributed by atoms with E-state index in [4.69, 9.17) is 0 Å². The fraction of sp³-hybridized carbons (Fsp3) is 0.390. The molecule has 312 valence electrons. The molecule has 1 nitrogen and oxygen atoms in total. The van der Waals surface area contributed by atoms with Crippen molar-refractivity contribution in [1.82, 2.24) is 0 Å². The Morgan fingerprint density at radius 3 is 1.27 bits per heavy atom. The van der Waals surface area contributed by atoms with Gasteiger partial charge in [-0.3, -0.25) is 0 Å². The van der Waals surface area contributed by atoms with E-state index in [2.05, 4.69) is 244 Å². The van der Waals surface area contributed by atoms with Crippen LogP contribution in [-0.4, -0.2) is 0 Å². The van der Waals surface area contributed by atoms with Gasteiger partial charge in [-0.05, 0) is 142 Å². The quantitative estimate of drug-likeness (QED) is 0.168. The maximum atomic E-state index is 2.52. The Bertz CT molecular complexity index is 2540. The first-order valence-electron chi connectivity index (χ1n) is 22.3. The van der Waals surface area contributed by atoms with Crippen molar-refractivity contribution in [3.05, 3.63) is 160 Å². The van der Waals surface area contributed by atoms with Gasteiger partial charge in [-0.25, -0.2) is 0 Å². The SMILES string of the molecule is CC(C)(C)c1cc(-c2cc(N(c3cccc(C(C)(C)C)c3)c3ccc4c(c3)C(C)(C)c3ccccc3-4)cc(C(C)(C)C)c2)cc(-c2cc(C(C)(C)C)cc(C(C)(C)C)c2)c1. The summed E-state index contributed by atoms with van der Waals surface area (Å²) in [7, 11) is 0. The van der Waals surface area contributed by atoms with E-state index in [1.807, 2.05) is 0 Å². The van der Waals surface area contributed by atoms with Crippen LogP contribution in [0.4, 0.5) is 17.1 Å². The first-order chi connectivity index (χ1) is 27.6. The van der Waals surface area contributed by atoms with E-state index in [9.17, 15) is 0 Å². The molecule has 0 N–H and O–H groups in total. The topological polar surface area (TPSA) is 3.24 Å². The Kier molecular flexibility index (Phi) is 10.5. The Morgan fingerprint density at radius 2 is 0.733 bits per heavy atom. The number of hydrogen-bond acceptors (Lipinski definition) is 1. The van der Waals surface area contributed by atoms with Gasteiger partial charge in [-0.1, -0.05) is 197 Å². The van der Waals surface area contributed by atoms with Crippen molar-refractivity contribution in [2.75, 3.05) is 4.90 Å². The van der Waals surface area contributed by atoms with E-state index in [-0.39, 0.29) is 32.5 Å². The maximum absolute atomic E-state index is 2.52. The maximum Gasteiger partial charge on any atom is 0.0470 e. The number of fused-ring (bicyclic) bond motifs is 3. The molecule has 0 saturated carbocycles. The van der Waals surface area contributed by atoms with E-state index in [1.54, 1.807) is 0 Å². The minimum absolute atomic E-state index is 0.00259. The second-order valence-corrected chi connectivity index (χ2v) is 23.4. The Hall–Kier alpha value is -4.88. The van der Waals surface area contributed by atoms with Gasteiger partial charge in [-0.2, -0.15) is 0 Å². The molecule has 0 unspecified atom stereocenters. The van der Waals surface area contributed by atoms with Gasteiger partial charge in [0, 0.05) is 22.5 Å². The second-order valence-electron chi connectivity index (χ2n) is 23.4. The van der Waals surface area contributed by atoms with Gasteiger partial charge in [0.2, 0.25) is 0 Å². The highest BCUT2D eigenvalue weighted by molar-refractivity contribution is 5.87. The average molecular weight is 794 g/mol. The lowest BCUT2D eigenvalue weighted by molar-refractivity contribution is 0.569. The average Bonchev–Trinajstić information content (AvgIpc) is 3.38. The normalized spacial score (nSPS) is 14.2. The van der Waals surface area contributed by atoms with Crippen molar-refractivity contribution >= 4 is 17.1 Å². The highest BCUT2D eigenvalue weighted by atomic mass is 15.1. The standard InChI is InChI=1S/C59H71N/c1-54(2,3)42-21-20-22-47(35-42)60(48-25-26-51-50-23-18-19-24-52(50)59(16,17)53(51)37-48)49-33-41(32-46(36-49)58(13,14)15)39-27-38(28-43(29-39)55(4,5)6)40-30-44(56(7,8)9)34-45(31-40)57(10,11)12/h18-37H,1-17H3. The minimum Gasteiger partial charge on any atom is -0.310 e. The van der Waals surface area contributed by atoms with E-state index in [0.717, 1.165) is 0 Å². The van der Waals surface area contributed by atoms with Crippen molar-refractivity contribution in [3.63, 3.8) is 0 Å². The third kappa shape index (κ3) is 8.39. The van der Waals surface area contributed by atoms with Crippen molar-refractivity contribution < 1.29 is 0 Å². The minimum atomic E-state index is -0.111. The lowest BCUT2D eigenvalue weighted by Crippen LogP contribution is -2.18. The lowest BCUT2D eigenvalue weighted by atomic mass is 9.78. The molecule has 0 aliphatic heterocycles. The van der Waals surface area contributed by atoms with Crippen LogP contribution in [0.5, 0.6) is 0 Å². The van der Waals surface area contributed by atoms with Crippen LogP contribution in [0.2, 0.25) is 0 Å². The predicted octanol–water partition coefficient (Wildman–Crippen LogP) is 17.3. The highest BCUT2D eigenvalue weighted by Crippen LogP contribution is 2.51. The van der Waals surface area contributed by atoms with Crippen LogP contribution in [0.25, 0.3) is 33.4 Å². The zero-order valence-corrected chi connectivity index (χ0v) is 40.0. The van der Waals surface area contributed by atoms with Crippen LogP contribution in [0.15, 0.2) is 121 Å². The summed E-state index contributed by atoms with van der Waals surface area (Å²) in [5, 5.41) is 0. The lowest BCUT2D eigenvalue weighted by Gasteiger charge is -2.31. The molecule has 1 aliphatic carbocycles. The summed E-state index contributed by atoms with van der Waals surface area (Å²) in [6.07, 6.45) is 0. The molecule has 1 aliphatic rings. The zero-order chi connectivity index (χ0) is 44.0. The van der Waals surface area contributed by atoms with Crippen LogP contribution >= 0.6 is 0 Å². The number of benzene rings is 6. The number of anilines is 3. The molecular weight excluding hydrogens is 723 g/mol. The highest BCUT2D eigenvalue weighted by Gasteiger charge is 2.36. The molecule has 60 heavy (non-hydrogen) atoms. The molecule has 7 rings (SSSR count). The smallest absolute Gasteiger partial charge is 0.0470 e. The van der Waals surface area contributed by atoms with Gasteiger partial charge in [0.1, 0.15) is 0 Å². The molecule has 0 bridgehead atoms. The number of nitrogens with zero attached hydrogens (tertiary/aromatic N) is 1. The summed E-state index contributed by atoms with van der Waals surface area (Å²) >= 11 is 0. The second kappa shape index (κ2) is 14.6. The fourth-order valence-corrected chi connectivity index (χ4v) is 8.78.